The van der Waals surface area contributed by atoms with Gasteiger partial charge < -0.3 is 47.4 Å². The molecule has 160 valence electrons. The molecule has 4 rings (SSSR count). The van der Waals surface area contributed by atoms with Crippen molar-refractivity contribution in [3.8, 4) is 45.1 Å². The van der Waals surface area contributed by atoms with E-state index in [9.17, 15) is 10.2 Å². The third-order valence-corrected chi connectivity index (χ3v) is 4.47. The van der Waals surface area contributed by atoms with Gasteiger partial charge in [-0.05, 0) is 36.8 Å². The Balaban J connectivity index is 0.00000225. The summed E-state index contributed by atoms with van der Waals surface area (Å²) in [6.45, 7) is 1.94. The number of hydrogen-bond donors (Lipinski definition) is 2. The molecule has 0 unspecified atom stereocenters. The summed E-state index contributed by atoms with van der Waals surface area (Å²) in [5, 5.41) is 20.1. The van der Waals surface area contributed by atoms with Crippen LogP contribution in [0.2, 0.25) is 0 Å². The number of halogens is 3. The van der Waals surface area contributed by atoms with Crippen molar-refractivity contribution in [3.05, 3.63) is 84.7 Å². The maximum atomic E-state index is 10.1. The number of hydrogen-bond acceptors (Lipinski definition) is 4. The molecule has 0 aliphatic carbocycles. The van der Waals surface area contributed by atoms with Gasteiger partial charge >= 0.3 is 17.1 Å². The molecule has 2 heterocycles. The van der Waals surface area contributed by atoms with Crippen molar-refractivity contribution in [1.29, 1.82) is 0 Å². The molecule has 0 fully saturated rings. The van der Waals surface area contributed by atoms with Crippen molar-refractivity contribution in [2.75, 3.05) is 0 Å². The predicted octanol–water partition coefficient (Wildman–Crippen LogP) is -3.79. The van der Waals surface area contributed by atoms with Crippen LogP contribution in [0.4, 0.5) is 0 Å². The Bertz CT molecular complexity index is 1110. The van der Waals surface area contributed by atoms with E-state index in [4.69, 9.17) is 0 Å². The summed E-state index contributed by atoms with van der Waals surface area (Å²) in [6.07, 6.45) is 3.46. The van der Waals surface area contributed by atoms with Gasteiger partial charge in [-0.2, -0.15) is 0 Å². The van der Waals surface area contributed by atoms with Crippen LogP contribution < -0.4 is 37.2 Å². The second-order valence-electron chi connectivity index (χ2n) is 6.40. The summed E-state index contributed by atoms with van der Waals surface area (Å²) in [5.74, 6) is 0.474. The molecule has 0 amide bonds. The molecule has 4 aromatic rings. The Morgan fingerprint density at radius 1 is 0.613 bits per heavy atom. The molecular weight excluding hydrogens is 498 g/mol. The number of phenols is 2. The van der Waals surface area contributed by atoms with Gasteiger partial charge in [-0.25, -0.2) is 0 Å². The maximum absolute atomic E-state index is 10.1. The average Bonchev–Trinajstić information content (AvgIpc) is 2.69. The van der Waals surface area contributed by atoms with E-state index in [0.29, 0.717) is 0 Å². The molecule has 2 aromatic heterocycles. The fourth-order valence-corrected chi connectivity index (χ4v) is 3.01. The fraction of sp³-hybridized carbons (Fsp3) is 0.0435. The quantitative estimate of drug-likeness (QED) is 0.275. The van der Waals surface area contributed by atoms with Crippen molar-refractivity contribution >= 4 is 0 Å². The number of nitrogens with zero attached hydrogens (tertiary/aromatic N) is 2. The summed E-state index contributed by atoms with van der Waals surface area (Å²) in [4.78, 5) is 8.96. The van der Waals surface area contributed by atoms with Gasteiger partial charge in [0.2, 0.25) is 0 Å². The zero-order valence-corrected chi connectivity index (χ0v) is 19.8. The molecule has 4 nitrogen and oxygen atoms in total. The molecule has 0 aliphatic heterocycles. The van der Waals surface area contributed by atoms with E-state index in [1.165, 1.54) is 0 Å². The van der Waals surface area contributed by atoms with Crippen LogP contribution >= 0.6 is 0 Å². The first-order valence-electron chi connectivity index (χ1n) is 8.62. The van der Waals surface area contributed by atoms with Crippen LogP contribution in [0.25, 0.3) is 33.6 Å². The second kappa shape index (κ2) is 12.6. The van der Waals surface area contributed by atoms with Gasteiger partial charge in [-0.3, -0.25) is 9.97 Å². The fourth-order valence-electron chi connectivity index (χ4n) is 3.01. The van der Waals surface area contributed by atoms with Crippen LogP contribution in [0.3, 0.4) is 0 Å². The first-order valence-corrected chi connectivity index (χ1v) is 8.62. The number of para-hydroxylation sites is 1. The Morgan fingerprint density at radius 3 is 1.58 bits per heavy atom. The third kappa shape index (κ3) is 6.36. The Labute approximate surface area is 210 Å². The molecule has 2 N–H and O–H groups in total. The van der Waals surface area contributed by atoms with Gasteiger partial charge in [-0.1, -0.05) is 42.5 Å². The SMILES string of the molecule is Cc1ccc(-c2ccc(-c3ccc(-c4ccccc4O)cn3)nc2)c(O)c1.[Cl-].[Cl-].[Cl-].[Mn+3]. The minimum Gasteiger partial charge on any atom is -1.00 e. The molecule has 0 aliphatic rings. The van der Waals surface area contributed by atoms with Gasteiger partial charge in [0.1, 0.15) is 11.5 Å². The molecule has 0 bridgehead atoms. The number of pyridine rings is 2. The summed E-state index contributed by atoms with van der Waals surface area (Å²) < 4.78 is 0. The van der Waals surface area contributed by atoms with Crippen molar-refractivity contribution in [2.45, 2.75) is 6.92 Å². The van der Waals surface area contributed by atoms with E-state index < -0.39 is 0 Å². The zero-order chi connectivity index (χ0) is 18.8. The molecule has 0 radical (unpaired) electrons. The van der Waals surface area contributed by atoms with Gasteiger partial charge in [0.15, 0.2) is 0 Å². The Kier molecular flexibility index (Phi) is 11.6. The summed E-state index contributed by atoms with van der Waals surface area (Å²) in [5.41, 5.74) is 5.69. The van der Waals surface area contributed by atoms with Crippen LogP contribution in [0, 0.1) is 6.92 Å². The van der Waals surface area contributed by atoms with Gasteiger partial charge in [-0.15, -0.1) is 0 Å². The van der Waals surface area contributed by atoms with Gasteiger partial charge in [0.05, 0.1) is 11.4 Å². The van der Waals surface area contributed by atoms with Crippen molar-refractivity contribution in [3.63, 3.8) is 0 Å². The number of aryl methyl sites for hydroxylation is 1. The van der Waals surface area contributed by atoms with E-state index in [0.717, 1.165) is 39.2 Å². The number of aromatic nitrogens is 2. The molecule has 0 atom stereocenters. The summed E-state index contributed by atoms with van der Waals surface area (Å²) >= 11 is 0. The molecule has 8 heteroatoms. The molecule has 0 saturated heterocycles. The smallest absolute Gasteiger partial charge is 1.00 e. The van der Waals surface area contributed by atoms with Crippen LogP contribution in [0.5, 0.6) is 11.5 Å². The van der Waals surface area contributed by atoms with E-state index in [1.807, 2.05) is 55.5 Å². The minimum atomic E-state index is 0. The van der Waals surface area contributed by atoms with E-state index in [-0.39, 0.29) is 65.8 Å². The van der Waals surface area contributed by atoms with Crippen LogP contribution in [0.15, 0.2) is 79.1 Å². The summed E-state index contributed by atoms with van der Waals surface area (Å²) in [6, 6.07) is 20.4. The minimum absolute atomic E-state index is 0. The first kappa shape index (κ1) is 28.7. The number of rotatable bonds is 3. The topological polar surface area (TPSA) is 66.2 Å². The van der Waals surface area contributed by atoms with Crippen LogP contribution in [0.1, 0.15) is 5.56 Å². The Morgan fingerprint density at radius 2 is 1.13 bits per heavy atom. The van der Waals surface area contributed by atoms with Crippen molar-refractivity contribution in [1.82, 2.24) is 9.97 Å². The number of benzene rings is 2. The van der Waals surface area contributed by atoms with Gasteiger partial charge in [0.25, 0.3) is 0 Å². The summed E-state index contributed by atoms with van der Waals surface area (Å²) in [7, 11) is 0. The molecule has 31 heavy (non-hydrogen) atoms. The van der Waals surface area contributed by atoms with Crippen molar-refractivity contribution in [2.24, 2.45) is 0 Å². The largest absolute Gasteiger partial charge is 3.00 e. The molecule has 0 spiro atoms. The Hall–Kier alpha value is -2.27. The molecule has 2 aromatic carbocycles. The third-order valence-electron chi connectivity index (χ3n) is 4.47. The first-order chi connectivity index (χ1) is 13.1. The monoisotopic (exact) mass is 514 g/mol. The second-order valence-corrected chi connectivity index (χ2v) is 6.40. The van der Waals surface area contributed by atoms with E-state index in [1.54, 1.807) is 30.6 Å². The van der Waals surface area contributed by atoms with Gasteiger partial charge in [0, 0.05) is 34.6 Å². The average molecular weight is 516 g/mol. The number of phenolic OH excluding ortho intramolecular Hbond substituents is 2. The zero-order valence-electron chi connectivity index (χ0n) is 16.3. The standard InChI is InChI=1S/C23H18N2O2.3ClH.Mn/c1-15-6-9-19(23(27)12-15)17-8-11-21(25-14-17)20-10-7-16(13-24-20)18-4-2-3-5-22(18)26;;;;/h2-14,26-27H,1H3;3*1H;/q;;;;+3/p-3. The van der Waals surface area contributed by atoms with E-state index in [2.05, 4.69) is 9.97 Å². The van der Waals surface area contributed by atoms with Crippen LogP contribution in [-0.2, 0) is 17.1 Å². The van der Waals surface area contributed by atoms with Crippen LogP contribution in [-0.4, -0.2) is 20.2 Å². The predicted molar refractivity (Wildman–Crippen MR) is 106 cm³/mol. The molecular formula is C23H18Cl3MnN2O2. The van der Waals surface area contributed by atoms with E-state index >= 15 is 0 Å². The maximum Gasteiger partial charge on any atom is 3.00 e. The molecule has 0 saturated carbocycles. The normalized spacial score (nSPS) is 9.32. The number of aromatic hydroxyl groups is 2. The van der Waals surface area contributed by atoms with Crippen molar-refractivity contribution < 1.29 is 64.5 Å².